The molecule has 6 unspecified atom stereocenters. The third-order valence-electron chi connectivity index (χ3n) is 7.54. The molecular formula is C24H38N2O6. The minimum Gasteiger partial charge on any atom is -0.443 e. The molecule has 0 aromatic carbocycles. The van der Waals surface area contributed by atoms with Crippen molar-refractivity contribution in [1.29, 1.82) is 0 Å². The highest BCUT2D eigenvalue weighted by Gasteiger charge is 2.72. The molecule has 1 N–H and O–H groups in total. The van der Waals surface area contributed by atoms with Crippen molar-refractivity contribution in [1.82, 2.24) is 10.2 Å². The fourth-order valence-electron chi connectivity index (χ4n) is 5.65. The highest BCUT2D eigenvalue weighted by atomic mass is 16.6. The topological polar surface area (TPSA) is 92.9 Å². The minimum atomic E-state index is -0.431. The lowest BCUT2D eigenvalue weighted by atomic mass is 9.68. The summed E-state index contributed by atoms with van der Waals surface area (Å²) >= 11 is 0. The van der Waals surface area contributed by atoms with Gasteiger partial charge >= 0.3 is 6.09 Å². The van der Waals surface area contributed by atoms with E-state index in [1.165, 1.54) is 5.57 Å². The van der Waals surface area contributed by atoms with Gasteiger partial charge in [-0.15, -0.1) is 0 Å². The first-order chi connectivity index (χ1) is 15.3. The molecule has 4 rings (SSSR count). The Morgan fingerprint density at radius 1 is 1.38 bits per heavy atom. The molecule has 3 aliphatic heterocycles. The van der Waals surface area contributed by atoms with Crippen LogP contribution in [0.3, 0.4) is 0 Å². The van der Waals surface area contributed by atoms with Gasteiger partial charge in [0.1, 0.15) is 23.4 Å². The van der Waals surface area contributed by atoms with Crippen molar-refractivity contribution in [2.75, 3.05) is 33.4 Å². The second kappa shape index (κ2) is 9.31. The SMILES string of the molecule is COC1C(OC(=O)NCCCN2CCCC2=O)CCC2(CO2)C1C1(C)OC1CC=C(C)C. The Hall–Kier alpha value is -1.64. The summed E-state index contributed by atoms with van der Waals surface area (Å²) in [5.41, 5.74) is 0.705. The van der Waals surface area contributed by atoms with Gasteiger partial charge in [-0.1, -0.05) is 11.6 Å². The Kier molecular flexibility index (Phi) is 6.84. The molecule has 8 nitrogen and oxygen atoms in total. The second-order valence-electron chi connectivity index (χ2n) is 10.1. The third-order valence-corrected chi connectivity index (χ3v) is 7.54. The van der Waals surface area contributed by atoms with Crippen LogP contribution >= 0.6 is 0 Å². The number of likely N-dealkylation sites (tertiary alicyclic amines) is 1. The van der Waals surface area contributed by atoms with Gasteiger partial charge in [-0.2, -0.15) is 0 Å². The van der Waals surface area contributed by atoms with E-state index in [1.807, 2.05) is 4.90 Å². The number of amides is 2. The number of methoxy groups -OCH3 is 1. The van der Waals surface area contributed by atoms with E-state index in [0.717, 1.165) is 32.2 Å². The summed E-state index contributed by atoms with van der Waals surface area (Å²) in [6.07, 6.45) is 5.98. The van der Waals surface area contributed by atoms with Crippen LogP contribution in [-0.4, -0.2) is 79.8 Å². The molecule has 3 saturated heterocycles. The van der Waals surface area contributed by atoms with E-state index in [0.29, 0.717) is 32.5 Å². The number of nitrogens with zero attached hydrogens (tertiary/aromatic N) is 1. The molecule has 6 atom stereocenters. The number of rotatable bonds is 9. The first kappa shape index (κ1) is 23.5. The molecule has 1 spiro atoms. The highest BCUT2D eigenvalue weighted by molar-refractivity contribution is 5.78. The highest BCUT2D eigenvalue weighted by Crippen LogP contribution is 2.59. The van der Waals surface area contributed by atoms with Crippen LogP contribution in [-0.2, 0) is 23.7 Å². The lowest BCUT2D eigenvalue weighted by molar-refractivity contribution is -0.127. The molecule has 4 aliphatic rings. The summed E-state index contributed by atoms with van der Waals surface area (Å²) in [6.45, 7) is 9.01. The van der Waals surface area contributed by atoms with Crippen molar-refractivity contribution in [3.8, 4) is 0 Å². The first-order valence-corrected chi connectivity index (χ1v) is 12.0. The van der Waals surface area contributed by atoms with Gasteiger partial charge in [-0.05, 0) is 52.9 Å². The van der Waals surface area contributed by atoms with E-state index < -0.39 is 6.09 Å². The predicted octanol–water partition coefficient (Wildman–Crippen LogP) is 2.80. The lowest BCUT2D eigenvalue weighted by Crippen LogP contribution is -2.56. The summed E-state index contributed by atoms with van der Waals surface area (Å²) in [4.78, 5) is 26.0. The number of hydrogen-bond acceptors (Lipinski definition) is 6. The average Bonchev–Trinajstić information content (AvgIpc) is 3.62. The smallest absolute Gasteiger partial charge is 0.407 e. The largest absolute Gasteiger partial charge is 0.443 e. The maximum Gasteiger partial charge on any atom is 0.407 e. The first-order valence-electron chi connectivity index (χ1n) is 12.0. The Bertz CT molecular complexity index is 747. The van der Waals surface area contributed by atoms with E-state index in [2.05, 4.69) is 32.2 Å². The summed E-state index contributed by atoms with van der Waals surface area (Å²) in [5, 5.41) is 2.84. The van der Waals surface area contributed by atoms with Crippen LogP contribution in [0, 0.1) is 5.92 Å². The fraction of sp³-hybridized carbons (Fsp3) is 0.833. The van der Waals surface area contributed by atoms with Gasteiger partial charge in [0.25, 0.3) is 0 Å². The summed E-state index contributed by atoms with van der Waals surface area (Å²) < 4.78 is 23.9. The van der Waals surface area contributed by atoms with Crippen molar-refractivity contribution < 1.29 is 28.5 Å². The van der Waals surface area contributed by atoms with Crippen molar-refractivity contribution in [3.05, 3.63) is 11.6 Å². The minimum absolute atomic E-state index is 0.0169. The summed E-state index contributed by atoms with van der Waals surface area (Å²) in [5.74, 6) is 0.224. The molecule has 1 saturated carbocycles. The van der Waals surface area contributed by atoms with Crippen LogP contribution in [0.5, 0.6) is 0 Å². The van der Waals surface area contributed by atoms with Crippen molar-refractivity contribution in [2.45, 2.75) is 88.8 Å². The Balaban J connectivity index is 1.31. The number of epoxide rings is 2. The standard InChI is InChI=1S/C24H38N2O6/c1-16(2)8-9-18-23(3,32-18)21-20(29-4)17(10-11-24(21)15-30-24)31-22(28)25-12-6-14-26-13-5-7-19(26)27/h8,17-18,20-21H,5-7,9-15H2,1-4H3,(H,25,28). The maximum atomic E-state index is 12.5. The Morgan fingerprint density at radius 3 is 2.78 bits per heavy atom. The quantitative estimate of drug-likeness (QED) is 0.330. The van der Waals surface area contributed by atoms with Crippen molar-refractivity contribution in [2.24, 2.45) is 5.92 Å². The lowest BCUT2D eigenvalue weighted by Gasteiger charge is -2.42. The fourth-order valence-corrected chi connectivity index (χ4v) is 5.65. The van der Waals surface area contributed by atoms with Gasteiger partial charge in [0, 0.05) is 33.2 Å². The third kappa shape index (κ3) is 4.82. The molecular weight excluding hydrogens is 412 g/mol. The van der Waals surface area contributed by atoms with Crippen LogP contribution in [0.2, 0.25) is 0 Å². The number of nitrogens with one attached hydrogen (secondary N) is 1. The number of carbonyl (C=O) groups excluding carboxylic acids is 2. The molecule has 4 fully saturated rings. The van der Waals surface area contributed by atoms with Gasteiger partial charge < -0.3 is 29.2 Å². The van der Waals surface area contributed by atoms with Gasteiger partial charge in [-0.3, -0.25) is 4.79 Å². The van der Waals surface area contributed by atoms with Crippen LogP contribution in [0.25, 0.3) is 0 Å². The van der Waals surface area contributed by atoms with Crippen LogP contribution in [0.1, 0.15) is 59.3 Å². The molecule has 1 aliphatic carbocycles. The number of hydrogen-bond donors (Lipinski definition) is 1. The average molecular weight is 451 g/mol. The van der Waals surface area contributed by atoms with E-state index in [-0.39, 0.29) is 41.3 Å². The predicted molar refractivity (Wildman–Crippen MR) is 118 cm³/mol. The number of carbonyl (C=O) groups is 2. The van der Waals surface area contributed by atoms with Crippen LogP contribution < -0.4 is 5.32 Å². The number of alkyl carbamates (subject to hydrolysis) is 1. The van der Waals surface area contributed by atoms with Gasteiger partial charge in [0.15, 0.2) is 0 Å². The summed E-state index contributed by atoms with van der Waals surface area (Å²) in [6, 6.07) is 0. The molecule has 0 aromatic heterocycles. The molecule has 2 amide bonds. The zero-order chi connectivity index (χ0) is 22.9. The maximum absolute atomic E-state index is 12.5. The van der Waals surface area contributed by atoms with E-state index in [1.54, 1.807) is 7.11 Å². The molecule has 3 heterocycles. The zero-order valence-corrected chi connectivity index (χ0v) is 19.9. The van der Waals surface area contributed by atoms with Crippen molar-refractivity contribution >= 4 is 12.0 Å². The van der Waals surface area contributed by atoms with Crippen molar-refractivity contribution in [3.63, 3.8) is 0 Å². The van der Waals surface area contributed by atoms with Gasteiger partial charge in [-0.25, -0.2) is 4.79 Å². The zero-order valence-electron chi connectivity index (χ0n) is 19.9. The molecule has 0 bridgehead atoms. The van der Waals surface area contributed by atoms with Crippen LogP contribution in [0.15, 0.2) is 11.6 Å². The number of ether oxygens (including phenoxy) is 4. The molecule has 32 heavy (non-hydrogen) atoms. The molecule has 0 aromatic rings. The van der Waals surface area contributed by atoms with E-state index >= 15 is 0 Å². The molecule has 8 heteroatoms. The normalized spacial score (nSPS) is 38.0. The van der Waals surface area contributed by atoms with E-state index in [4.69, 9.17) is 18.9 Å². The van der Waals surface area contributed by atoms with Crippen LogP contribution in [0.4, 0.5) is 4.79 Å². The Labute approximate surface area is 191 Å². The van der Waals surface area contributed by atoms with E-state index in [9.17, 15) is 9.59 Å². The second-order valence-corrected chi connectivity index (χ2v) is 10.1. The summed E-state index contributed by atoms with van der Waals surface area (Å²) in [7, 11) is 1.68. The molecule has 180 valence electrons. The Morgan fingerprint density at radius 2 is 2.16 bits per heavy atom. The van der Waals surface area contributed by atoms with Gasteiger partial charge in [0.2, 0.25) is 5.91 Å². The monoisotopic (exact) mass is 450 g/mol. The molecule has 0 radical (unpaired) electrons. The van der Waals surface area contributed by atoms with Gasteiger partial charge in [0.05, 0.1) is 18.6 Å². The number of allylic oxidation sites excluding steroid dienone is 1.